The number of fused-ring (bicyclic) bond motifs is 1. The molecule has 1 aliphatic carbocycles. The van der Waals surface area contributed by atoms with Gasteiger partial charge in [0.15, 0.2) is 5.78 Å². The van der Waals surface area contributed by atoms with Gasteiger partial charge in [-0.15, -0.1) is 0 Å². The van der Waals surface area contributed by atoms with Crippen molar-refractivity contribution in [3.63, 3.8) is 0 Å². The van der Waals surface area contributed by atoms with E-state index in [2.05, 4.69) is 0 Å². The molecule has 0 atom stereocenters. The second-order valence-electron chi connectivity index (χ2n) is 6.61. The molecule has 3 nitrogen and oxygen atoms in total. The van der Waals surface area contributed by atoms with Crippen molar-refractivity contribution in [1.82, 2.24) is 0 Å². The van der Waals surface area contributed by atoms with Gasteiger partial charge in [-0.1, -0.05) is 35.9 Å². The fourth-order valence-corrected chi connectivity index (χ4v) is 3.42. The van der Waals surface area contributed by atoms with E-state index >= 15 is 0 Å². The zero-order chi connectivity index (χ0) is 18.3. The minimum Gasteiger partial charge on any atom is -0.508 e. The molecule has 0 aliphatic heterocycles. The molecule has 4 rings (SSSR count). The Kier molecular flexibility index (Phi) is 3.85. The lowest BCUT2D eigenvalue weighted by Crippen LogP contribution is -2.05. The predicted molar refractivity (Wildman–Crippen MR) is 101 cm³/mol. The van der Waals surface area contributed by atoms with Crippen molar-refractivity contribution in [2.75, 3.05) is 0 Å². The van der Waals surface area contributed by atoms with Gasteiger partial charge in [0.05, 0.1) is 0 Å². The molecule has 0 aromatic heterocycles. The third-order valence-corrected chi connectivity index (χ3v) is 4.78. The number of ketones is 1. The molecule has 3 aromatic carbocycles. The minimum absolute atomic E-state index is 0.0590. The monoisotopic (exact) mass is 342 g/mol. The molecular formula is C23H18O3. The van der Waals surface area contributed by atoms with E-state index in [-0.39, 0.29) is 17.3 Å². The maximum atomic E-state index is 13.2. The van der Waals surface area contributed by atoms with Crippen LogP contribution in [0, 0.1) is 6.92 Å². The largest absolute Gasteiger partial charge is 0.508 e. The van der Waals surface area contributed by atoms with Crippen LogP contribution in [0.1, 0.15) is 32.6 Å². The van der Waals surface area contributed by atoms with Gasteiger partial charge in [0.2, 0.25) is 0 Å². The van der Waals surface area contributed by atoms with Gasteiger partial charge in [-0.05, 0) is 65.6 Å². The number of allylic oxidation sites excluding steroid dienone is 1. The third kappa shape index (κ3) is 2.78. The number of carbonyl (C=O) groups excluding carboxylic acids is 1. The van der Waals surface area contributed by atoms with E-state index in [9.17, 15) is 15.0 Å². The number of phenols is 2. The molecular weight excluding hydrogens is 324 g/mol. The summed E-state index contributed by atoms with van der Waals surface area (Å²) in [5.74, 6) is 0.261. The molecule has 0 saturated carbocycles. The van der Waals surface area contributed by atoms with Crippen LogP contribution in [-0.2, 0) is 6.42 Å². The highest BCUT2D eigenvalue weighted by Crippen LogP contribution is 2.40. The molecule has 3 heteroatoms. The van der Waals surface area contributed by atoms with Crippen molar-refractivity contribution in [3.8, 4) is 11.5 Å². The molecule has 0 saturated heterocycles. The summed E-state index contributed by atoms with van der Waals surface area (Å²) in [6, 6.07) is 19.6. The number of phenolic OH excluding ortho intramolecular Hbond substituents is 2. The molecule has 0 fully saturated rings. The average Bonchev–Trinajstić information content (AvgIpc) is 3.01. The maximum Gasteiger partial charge on any atom is 0.189 e. The Hall–Kier alpha value is -3.33. The second-order valence-corrected chi connectivity index (χ2v) is 6.61. The predicted octanol–water partition coefficient (Wildman–Crippen LogP) is 4.65. The lowest BCUT2D eigenvalue weighted by molar-refractivity contribution is 0.103. The number of carbonyl (C=O) groups is 1. The van der Waals surface area contributed by atoms with Gasteiger partial charge < -0.3 is 10.2 Å². The molecule has 128 valence electrons. The van der Waals surface area contributed by atoms with E-state index in [0.717, 1.165) is 27.8 Å². The van der Waals surface area contributed by atoms with Crippen LogP contribution in [0.25, 0.3) is 5.57 Å². The summed E-state index contributed by atoms with van der Waals surface area (Å²) < 4.78 is 0. The van der Waals surface area contributed by atoms with Gasteiger partial charge in [0, 0.05) is 17.6 Å². The van der Waals surface area contributed by atoms with Crippen molar-refractivity contribution in [3.05, 3.63) is 100 Å². The smallest absolute Gasteiger partial charge is 0.189 e. The molecule has 0 unspecified atom stereocenters. The SMILES string of the molecule is Cc1ccc(C2=C(C(=O)c3ccc(O)cc3)Cc3ccc(O)cc32)cc1. The quantitative estimate of drug-likeness (QED) is 0.681. The fourth-order valence-electron chi connectivity index (χ4n) is 3.42. The number of Topliss-reactive ketones (excluding diaryl/α,β-unsaturated/α-hetero) is 1. The number of hydrogen-bond acceptors (Lipinski definition) is 3. The number of rotatable bonds is 3. The molecule has 3 aromatic rings. The Bertz CT molecular complexity index is 1030. The first-order chi connectivity index (χ1) is 12.5. The van der Waals surface area contributed by atoms with Crippen molar-refractivity contribution >= 4 is 11.4 Å². The summed E-state index contributed by atoms with van der Waals surface area (Å²) in [4.78, 5) is 13.2. The summed E-state index contributed by atoms with van der Waals surface area (Å²) in [5, 5.41) is 19.4. The van der Waals surface area contributed by atoms with E-state index in [4.69, 9.17) is 0 Å². The number of aromatic hydroxyl groups is 2. The molecule has 26 heavy (non-hydrogen) atoms. The Morgan fingerprint density at radius 1 is 0.846 bits per heavy atom. The zero-order valence-electron chi connectivity index (χ0n) is 14.4. The first-order valence-electron chi connectivity index (χ1n) is 8.49. The zero-order valence-corrected chi connectivity index (χ0v) is 14.4. The van der Waals surface area contributed by atoms with Gasteiger partial charge in [0.25, 0.3) is 0 Å². The van der Waals surface area contributed by atoms with Crippen LogP contribution < -0.4 is 0 Å². The Morgan fingerprint density at radius 2 is 1.50 bits per heavy atom. The van der Waals surface area contributed by atoms with Crippen molar-refractivity contribution in [2.45, 2.75) is 13.3 Å². The molecule has 0 radical (unpaired) electrons. The van der Waals surface area contributed by atoms with Crippen molar-refractivity contribution in [2.24, 2.45) is 0 Å². The third-order valence-electron chi connectivity index (χ3n) is 4.78. The molecule has 2 N–H and O–H groups in total. The Morgan fingerprint density at radius 3 is 2.19 bits per heavy atom. The second kappa shape index (κ2) is 6.19. The van der Waals surface area contributed by atoms with Crippen LogP contribution >= 0.6 is 0 Å². The fraction of sp³-hybridized carbons (Fsp3) is 0.0870. The molecule has 0 bridgehead atoms. The lowest BCUT2D eigenvalue weighted by Gasteiger charge is -2.10. The highest BCUT2D eigenvalue weighted by molar-refractivity contribution is 6.16. The first-order valence-corrected chi connectivity index (χ1v) is 8.49. The summed E-state index contributed by atoms with van der Waals surface area (Å²) in [7, 11) is 0. The van der Waals surface area contributed by atoms with Gasteiger partial charge >= 0.3 is 0 Å². The van der Waals surface area contributed by atoms with Crippen LogP contribution in [0.4, 0.5) is 0 Å². The minimum atomic E-state index is -0.0590. The van der Waals surface area contributed by atoms with E-state index in [0.29, 0.717) is 17.6 Å². The normalized spacial score (nSPS) is 13.0. The topological polar surface area (TPSA) is 57.5 Å². The summed E-state index contributed by atoms with van der Waals surface area (Å²) in [6.45, 7) is 2.02. The maximum absolute atomic E-state index is 13.2. The average molecular weight is 342 g/mol. The van der Waals surface area contributed by atoms with Crippen molar-refractivity contribution < 1.29 is 15.0 Å². The van der Waals surface area contributed by atoms with Gasteiger partial charge in [-0.2, -0.15) is 0 Å². The Labute approximate surface area is 151 Å². The Balaban J connectivity index is 1.89. The van der Waals surface area contributed by atoms with E-state index < -0.39 is 0 Å². The summed E-state index contributed by atoms with van der Waals surface area (Å²) in [5.41, 5.74) is 6.15. The van der Waals surface area contributed by atoms with Crippen LogP contribution in [0.2, 0.25) is 0 Å². The van der Waals surface area contributed by atoms with Crippen LogP contribution in [-0.4, -0.2) is 16.0 Å². The first kappa shape index (κ1) is 16.2. The molecule has 1 aliphatic rings. The van der Waals surface area contributed by atoms with Gasteiger partial charge in [-0.3, -0.25) is 4.79 Å². The molecule has 0 heterocycles. The number of aryl methyl sites for hydroxylation is 1. The van der Waals surface area contributed by atoms with E-state index in [1.807, 2.05) is 37.3 Å². The molecule has 0 amide bonds. The summed E-state index contributed by atoms with van der Waals surface area (Å²) in [6.07, 6.45) is 0.526. The van der Waals surface area contributed by atoms with Gasteiger partial charge in [0.1, 0.15) is 11.5 Å². The van der Waals surface area contributed by atoms with E-state index in [1.165, 1.54) is 12.1 Å². The van der Waals surface area contributed by atoms with Crippen LogP contribution in [0.3, 0.4) is 0 Å². The van der Waals surface area contributed by atoms with Gasteiger partial charge in [-0.25, -0.2) is 0 Å². The van der Waals surface area contributed by atoms with Crippen molar-refractivity contribution in [1.29, 1.82) is 0 Å². The summed E-state index contributed by atoms with van der Waals surface area (Å²) >= 11 is 0. The van der Waals surface area contributed by atoms with Crippen LogP contribution in [0.15, 0.2) is 72.3 Å². The van der Waals surface area contributed by atoms with E-state index in [1.54, 1.807) is 24.3 Å². The van der Waals surface area contributed by atoms with Crippen LogP contribution in [0.5, 0.6) is 11.5 Å². The standard InChI is InChI=1S/C23H18O3/c1-14-2-4-15(5-3-14)22-20-13-19(25)11-8-17(20)12-21(22)23(26)16-6-9-18(24)10-7-16/h2-11,13,24-25H,12H2,1H3. The number of benzene rings is 3. The highest BCUT2D eigenvalue weighted by Gasteiger charge is 2.28. The lowest BCUT2D eigenvalue weighted by atomic mass is 9.93. The molecule has 0 spiro atoms. The number of hydrogen-bond donors (Lipinski definition) is 2. The highest BCUT2D eigenvalue weighted by atomic mass is 16.3.